The Morgan fingerprint density at radius 1 is 1.10 bits per heavy atom. The van der Waals surface area contributed by atoms with Gasteiger partial charge in [-0.25, -0.2) is 14.4 Å². The average molecular weight is 438 g/mol. The van der Waals surface area contributed by atoms with Gasteiger partial charge in [0, 0.05) is 17.5 Å². The number of fused-ring (bicyclic) bond motifs is 1. The molecule has 0 aliphatic carbocycles. The molecule has 6 nitrogen and oxygen atoms in total. The largest absolute Gasteiger partial charge is 0.469 e. The minimum atomic E-state index is -0.262. The van der Waals surface area contributed by atoms with Gasteiger partial charge in [0.05, 0.1) is 17.2 Å². The zero-order chi connectivity index (χ0) is 20.7. The van der Waals surface area contributed by atoms with Crippen LogP contribution < -0.4 is 0 Å². The molecular formula is C21H16FN5OS2. The summed E-state index contributed by atoms with van der Waals surface area (Å²) in [6, 6.07) is 8.36. The molecule has 0 saturated carbocycles. The molecular weight excluding hydrogens is 421 g/mol. The van der Waals surface area contributed by atoms with Gasteiger partial charge >= 0.3 is 0 Å². The third kappa shape index (κ3) is 3.20. The topological polar surface area (TPSA) is 69.6 Å². The van der Waals surface area contributed by atoms with Crippen molar-refractivity contribution < 1.29 is 8.81 Å². The molecule has 0 radical (unpaired) electrons. The lowest BCUT2D eigenvalue weighted by Crippen LogP contribution is -2.00. The first kappa shape index (κ1) is 19.0. The van der Waals surface area contributed by atoms with Crippen LogP contribution in [0.5, 0.6) is 0 Å². The lowest BCUT2D eigenvalue weighted by Gasteiger charge is -2.08. The molecule has 30 heavy (non-hydrogen) atoms. The number of aryl methyl sites for hydroxylation is 1. The lowest BCUT2D eigenvalue weighted by molar-refractivity contribution is 0.534. The van der Waals surface area contributed by atoms with Crippen molar-refractivity contribution in [1.82, 2.24) is 24.7 Å². The number of thiophene rings is 1. The summed E-state index contributed by atoms with van der Waals surface area (Å²) in [6.45, 7) is 4.67. The van der Waals surface area contributed by atoms with Crippen LogP contribution in [0.4, 0.5) is 4.39 Å². The molecule has 150 valence electrons. The van der Waals surface area contributed by atoms with Gasteiger partial charge in [-0.1, -0.05) is 12.1 Å². The summed E-state index contributed by atoms with van der Waals surface area (Å²) < 4.78 is 20.9. The van der Waals surface area contributed by atoms with E-state index in [1.165, 1.54) is 35.2 Å². The van der Waals surface area contributed by atoms with Crippen LogP contribution in [0.25, 0.3) is 32.7 Å². The minimum absolute atomic E-state index is 0.262. The van der Waals surface area contributed by atoms with Crippen LogP contribution in [0.3, 0.4) is 0 Å². The molecule has 0 spiro atoms. The van der Waals surface area contributed by atoms with Gasteiger partial charge in [-0.3, -0.25) is 0 Å². The molecule has 0 saturated heterocycles. The SMILES string of the molecule is CCn1c(Sc2ncnc3scc(-c4ccc(F)cc4)c23)nnc1-c1ccoc1C. The second-order valence-electron chi connectivity index (χ2n) is 6.56. The average Bonchev–Trinajstić information content (AvgIpc) is 3.47. The third-order valence-corrected chi connectivity index (χ3v) is 6.69. The minimum Gasteiger partial charge on any atom is -0.469 e. The van der Waals surface area contributed by atoms with E-state index in [0.717, 1.165) is 48.7 Å². The highest BCUT2D eigenvalue weighted by molar-refractivity contribution is 7.99. The molecule has 0 amide bonds. The van der Waals surface area contributed by atoms with E-state index >= 15 is 0 Å². The predicted molar refractivity (Wildman–Crippen MR) is 115 cm³/mol. The van der Waals surface area contributed by atoms with E-state index < -0.39 is 0 Å². The molecule has 0 N–H and O–H groups in total. The maximum atomic E-state index is 13.4. The van der Waals surface area contributed by atoms with Gasteiger partial charge in [0.2, 0.25) is 0 Å². The fraction of sp³-hybridized carbons (Fsp3) is 0.143. The third-order valence-electron chi connectivity index (χ3n) is 4.81. The van der Waals surface area contributed by atoms with Crippen molar-refractivity contribution in [1.29, 1.82) is 0 Å². The maximum absolute atomic E-state index is 13.4. The Morgan fingerprint density at radius 3 is 2.67 bits per heavy atom. The van der Waals surface area contributed by atoms with Crippen LogP contribution in [0, 0.1) is 12.7 Å². The van der Waals surface area contributed by atoms with Gasteiger partial charge in [0.15, 0.2) is 11.0 Å². The highest BCUT2D eigenvalue weighted by Crippen LogP contribution is 2.40. The Labute approximate surface area is 179 Å². The molecule has 1 aromatic carbocycles. The highest BCUT2D eigenvalue weighted by Gasteiger charge is 2.20. The highest BCUT2D eigenvalue weighted by atomic mass is 32.2. The van der Waals surface area contributed by atoms with Gasteiger partial charge in [-0.15, -0.1) is 21.5 Å². The van der Waals surface area contributed by atoms with Gasteiger partial charge in [-0.2, -0.15) is 0 Å². The molecule has 0 atom stereocenters. The number of benzene rings is 1. The molecule has 0 aliphatic rings. The molecule has 0 bridgehead atoms. The van der Waals surface area contributed by atoms with Crippen molar-refractivity contribution in [3.05, 3.63) is 59.9 Å². The molecule has 4 heterocycles. The van der Waals surface area contributed by atoms with E-state index in [9.17, 15) is 4.39 Å². The van der Waals surface area contributed by atoms with Gasteiger partial charge < -0.3 is 8.98 Å². The first-order valence-electron chi connectivity index (χ1n) is 9.29. The van der Waals surface area contributed by atoms with Crippen molar-refractivity contribution in [2.75, 3.05) is 0 Å². The zero-order valence-corrected chi connectivity index (χ0v) is 17.8. The summed E-state index contributed by atoms with van der Waals surface area (Å²) in [5.41, 5.74) is 2.82. The number of furan rings is 1. The van der Waals surface area contributed by atoms with Crippen molar-refractivity contribution in [3.63, 3.8) is 0 Å². The number of hydrogen-bond donors (Lipinski definition) is 0. The first-order chi connectivity index (χ1) is 14.7. The van der Waals surface area contributed by atoms with Crippen LogP contribution >= 0.6 is 23.1 Å². The summed E-state index contributed by atoms with van der Waals surface area (Å²) in [5.74, 6) is 1.30. The molecule has 0 aliphatic heterocycles. The smallest absolute Gasteiger partial charge is 0.197 e. The Kier molecular flexibility index (Phi) is 4.84. The van der Waals surface area contributed by atoms with E-state index in [1.807, 2.05) is 22.9 Å². The van der Waals surface area contributed by atoms with Crippen LogP contribution in [0.1, 0.15) is 12.7 Å². The molecule has 5 aromatic rings. The Balaban J connectivity index is 1.60. The number of rotatable bonds is 5. The van der Waals surface area contributed by atoms with Crippen molar-refractivity contribution in [2.45, 2.75) is 30.6 Å². The maximum Gasteiger partial charge on any atom is 0.197 e. The molecule has 0 fully saturated rings. The molecule has 5 rings (SSSR count). The first-order valence-corrected chi connectivity index (χ1v) is 11.0. The molecule has 4 aromatic heterocycles. The number of halogens is 1. The number of hydrogen-bond acceptors (Lipinski definition) is 7. The van der Waals surface area contributed by atoms with E-state index in [1.54, 1.807) is 24.7 Å². The summed E-state index contributed by atoms with van der Waals surface area (Å²) in [7, 11) is 0. The van der Waals surface area contributed by atoms with Crippen LogP contribution in [0.15, 0.2) is 62.9 Å². The van der Waals surface area contributed by atoms with E-state index in [2.05, 4.69) is 27.1 Å². The van der Waals surface area contributed by atoms with Crippen molar-refractivity contribution >= 4 is 33.3 Å². The monoisotopic (exact) mass is 437 g/mol. The van der Waals surface area contributed by atoms with Crippen molar-refractivity contribution in [3.8, 4) is 22.5 Å². The van der Waals surface area contributed by atoms with Crippen LogP contribution in [0.2, 0.25) is 0 Å². The normalized spacial score (nSPS) is 11.4. The quantitative estimate of drug-likeness (QED) is 0.322. The molecule has 9 heteroatoms. The van der Waals surface area contributed by atoms with Gasteiger partial charge in [-0.05, 0) is 49.4 Å². The summed E-state index contributed by atoms with van der Waals surface area (Å²) in [5, 5.41) is 13.3. The zero-order valence-electron chi connectivity index (χ0n) is 16.2. The van der Waals surface area contributed by atoms with E-state index in [0.29, 0.717) is 6.54 Å². The molecule has 0 unspecified atom stereocenters. The fourth-order valence-electron chi connectivity index (χ4n) is 3.32. The fourth-order valence-corrected chi connectivity index (χ4v) is 5.29. The standard InChI is InChI=1S/C21H16FN5OS2/c1-3-27-18(15-8-9-28-12(15)2)25-26-21(27)30-20-17-16(10-29-19(17)23-11-24-20)13-4-6-14(22)7-5-13/h4-11H,3H2,1-2H3. The van der Waals surface area contributed by atoms with Crippen LogP contribution in [-0.4, -0.2) is 24.7 Å². The van der Waals surface area contributed by atoms with Gasteiger partial charge in [0.25, 0.3) is 0 Å². The second kappa shape index (κ2) is 7.66. The number of nitrogens with zero attached hydrogens (tertiary/aromatic N) is 5. The van der Waals surface area contributed by atoms with Crippen LogP contribution in [-0.2, 0) is 6.54 Å². The number of aromatic nitrogens is 5. The Hall–Kier alpha value is -3.04. The Morgan fingerprint density at radius 2 is 1.93 bits per heavy atom. The Bertz CT molecular complexity index is 1340. The van der Waals surface area contributed by atoms with Gasteiger partial charge in [0.1, 0.15) is 27.8 Å². The lowest BCUT2D eigenvalue weighted by atomic mass is 10.1. The summed E-state index contributed by atoms with van der Waals surface area (Å²) in [6.07, 6.45) is 3.21. The van der Waals surface area contributed by atoms with E-state index in [4.69, 9.17) is 4.42 Å². The van der Waals surface area contributed by atoms with Crippen molar-refractivity contribution in [2.24, 2.45) is 0 Å². The predicted octanol–water partition coefficient (Wildman–Crippen LogP) is 5.83. The summed E-state index contributed by atoms with van der Waals surface area (Å²) >= 11 is 2.99. The second-order valence-corrected chi connectivity index (χ2v) is 8.37. The summed E-state index contributed by atoms with van der Waals surface area (Å²) in [4.78, 5) is 9.82. The van der Waals surface area contributed by atoms with E-state index in [-0.39, 0.29) is 5.82 Å².